The molecule has 5 N–H and O–H groups in total. The fourth-order valence-corrected chi connectivity index (χ4v) is 1.30. The van der Waals surface area contributed by atoms with Crippen LogP contribution in [0.5, 0.6) is 0 Å². The summed E-state index contributed by atoms with van der Waals surface area (Å²) in [6.07, 6.45) is 0. The molecular weight excluding hydrogens is 214 g/mol. The Hall–Kier alpha value is -2.66. The number of aryl methyl sites for hydroxylation is 2. The van der Waals surface area contributed by atoms with E-state index in [0.717, 1.165) is 11.1 Å². The van der Waals surface area contributed by atoms with E-state index in [2.05, 4.69) is 5.32 Å². The minimum absolute atomic E-state index is 0.00459. The van der Waals surface area contributed by atoms with E-state index < -0.39 is 0 Å². The lowest BCUT2D eigenvalue weighted by atomic mass is 10.1. The van der Waals surface area contributed by atoms with Crippen molar-refractivity contribution in [3.05, 3.63) is 34.7 Å². The van der Waals surface area contributed by atoms with Gasteiger partial charge in [-0.1, -0.05) is 0 Å². The second kappa shape index (κ2) is 4.91. The molecule has 0 heterocycles. The molecule has 0 aliphatic carbocycles. The van der Waals surface area contributed by atoms with Gasteiger partial charge in [0.1, 0.15) is 18.0 Å². The van der Waals surface area contributed by atoms with Gasteiger partial charge in [-0.15, -0.1) is 0 Å². The smallest absolute Gasteiger partial charge is 0.169 e. The van der Waals surface area contributed by atoms with Crippen LogP contribution in [-0.2, 0) is 0 Å². The van der Waals surface area contributed by atoms with E-state index in [-0.39, 0.29) is 11.4 Å². The van der Waals surface area contributed by atoms with Gasteiger partial charge in [-0.05, 0) is 37.1 Å². The van der Waals surface area contributed by atoms with Gasteiger partial charge in [0.25, 0.3) is 0 Å². The molecule has 0 aliphatic heterocycles. The van der Waals surface area contributed by atoms with Crippen LogP contribution in [0.3, 0.4) is 0 Å². The monoisotopic (exact) mass is 227 g/mol. The fourth-order valence-electron chi connectivity index (χ4n) is 1.30. The summed E-state index contributed by atoms with van der Waals surface area (Å²) in [7, 11) is 0. The van der Waals surface area contributed by atoms with Gasteiger partial charge in [0.2, 0.25) is 0 Å². The second-order valence-corrected chi connectivity index (χ2v) is 3.66. The molecule has 1 aromatic rings. The van der Waals surface area contributed by atoms with Gasteiger partial charge in [0, 0.05) is 0 Å². The van der Waals surface area contributed by atoms with Crippen LogP contribution < -0.4 is 16.8 Å². The van der Waals surface area contributed by atoms with Crippen molar-refractivity contribution < 1.29 is 0 Å². The Kier molecular flexibility index (Phi) is 3.58. The first-order valence-electron chi connectivity index (χ1n) is 4.93. The van der Waals surface area contributed by atoms with Gasteiger partial charge in [-0.2, -0.15) is 10.5 Å². The van der Waals surface area contributed by atoms with Gasteiger partial charge in [-0.3, -0.25) is 0 Å². The first-order chi connectivity index (χ1) is 7.99. The van der Waals surface area contributed by atoms with Crippen molar-refractivity contribution in [2.24, 2.45) is 5.73 Å². The molecular formula is C12H13N5. The van der Waals surface area contributed by atoms with E-state index in [9.17, 15) is 0 Å². The average Bonchev–Trinajstić information content (AvgIpc) is 2.27. The van der Waals surface area contributed by atoms with Crippen LogP contribution in [0.1, 0.15) is 11.1 Å². The fraction of sp³-hybridized carbons (Fsp3) is 0.167. The summed E-state index contributed by atoms with van der Waals surface area (Å²) in [5.74, 6) is 0.00459. The molecule has 1 rings (SSSR count). The molecule has 0 saturated heterocycles. The number of nitriles is 2. The number of hydrogen-bond donors (Lipinski definition) is 3. The van der Waals surface area contributed by atoms with Crippen LogP contribution >= 0.6 is 0 Å². The molecule has 0 radical (unpaired) electrons. The predicted molar refractivity (Wildman–Crippen MR) is 66.4 cm³/mol. The van der Waals surface area contributed by atoms with Crippen molar-refractivity contribution in [1.29, 1.82) is 10.5 Å². The molecule has 0 spiro atoms. The maximum atomic E-state index is 8.66. The molecule has 0 fully saturated rings. The molecule has 0 amide bonds. The largest absolute Gasteiger partial charge is 0.397 e. The Morgan fingerprint density at radius 1 is 1.18 bits per heavy atom. The Labute approximate surface area is 99.9 Å². The molecule has 86 valence electrons. The minimum atomic E-state index is -0.164. The van der Waals surface area contributed by atoms with Crippen molar-refractivity contribution in [2.45, 2.75) is 13.8 Å². The first-order valence-corrected chi connectivity index (χ1v) is 4.93. The molecule has 5 nitrogen and oxygen atoms in total. The number of hydrogen-bond acceptors (Lipinski definition) is 5. The van der Waals surface area contributed by atoms with E-state index in [1.165, 1.54) is 0 Å². The Balaban J connectivity index is 3.15. The maximum absolute atomic E-state index is 8.66. The highest BCUT2D eigenvalue weighted by molar-refractivity contribution is 5.71. The zero-order valence-electron chi connectivity index (χ0n) is 9.70. The van der Waals surface area contributed by atoms with E-state index >= 15 is 0 Å². The molecule has 5 heteroatoms. The highest BCUT2D eigenvalue weighted by Crippen LogP contribution is 2.23. The van der Waals surface area contributed by atoms with E-state index in [1.807, 2.05) is 26.0 Å². The summed E-state index contributed by atoms with van der Waals surface area (Å²) < 4.78 is 0. The SMILES string of the molecule is Cc1cc(N)c(NC(N)=C(C#N)C#N)cc1C. The normalized spacial score (nSPS) is 8.94. The minimum Gasteiger partial charge on any atom is -0.397 e. The van der Waals surface area contributed by atoms with Gasteiger partial charge < -0.3 is 16.8 Å². The van der Waals surface area contributed by atoms with Crippen molar-refractivity contribution >= 4 is 11.4 Å². The van der Waals surface area contributed by atoms with Crippen LogP contribution in [0.4, 0.5) is 11.4 Å². The van der Waals surface area contributed by atoms with Gasteiger partial charge in [0.15, 0.2) is 5.57 Å². The third-order valence-electron chi connectivity index (χ3n) is 2.43. The number of anilines is 2. The third kappa shape index (κ3) is 2.67. The van der Waals surface area contributed by atoms with E-state index in [4.69, 9.17) is 22.0 Å². The van der Waals surface area contributed by atoms with E-state index in [0.29, 0.717) is 11.4 Å². The molecule has 1 aromatic carbocycles. The summed E-state index contributed by atoms with van der Waals surface area (Å²) in [5.41, 5.74) is 14.5. The Morgan fingerprint density at radius 2 is 1.71 bits per heavy atom. The lowest BCUT2D eigenvalue weighted by molar-refractivity contribution is 1.26. The Morgan fingerprint density at radius 3 is 2.24 bits per heavy atom. The molecule has 0 aliphatic rings. The number of nitrogens with zero attached hydrogens (tertiary/aromatic N) is 2. The summed E-state index contributed by atoms with van der Waals surface area (Å²) >= 11 is 0. The number of nitrogens with one attached hydrogen (secondary N) is 1. The summed E-state index contributed by atoms with van der Waals surface area (Å²) in [6, 6.07) is 7.05. The zero-order valence-corrected chi connectivity index (χ0v) is 9.70. The molecule has 0 aromatic heterocycles. The highest BCUT2D eigenvalue weighted by atomic mass is 15.0. The number of allylic oxidation sites excluding steroid dienone is 1. The second-order valence-electron chi connectivity index (χ2n) is 3.66. The van der Waals surface area contributed by atoms with Crippen molar-refractivity contribution in [2.75, 3.05) is 11.1 Å². The van der Waals surface area contributed by atoms with Gasteiger partial charge in [-0.25, -0.2) is 0 Å². The number of rotatable bonds is 2. The van der Waals surface area contributed by atoms with Gasteiger partial charge in [0.05, 0.1) is 11.4 Å². The van der Waals surface area contributed by atoms with Crippen LogP contribution in [0.15, 0.2) is 23.5 Å². The molecule has 0 bridgehead atoms. The van der Waals surface area contributed by atoms with Crippen LogP contribution in [0.25, 0.3) is 0 Å². The average molecular weight is 227 g/mol. The van der Waals surface area contributed by atoms with Crippen molar-refractivity contribution in [3.63, 3.8) is 0 Å². The lowest BCUT2D eigenvalue weighted by Gasteiger charge is -2.12. The summed E-state index contributed by atoms with van der Waals surface area (Å²) in [5, 5.41) is 20.1. The topological polar surface area (TPSA) is 112 Å². The molecule has 0 atom stereocenters. The van der Waals surface area contributed by atoms with Gasteiger partial charge >= 0.3 is 0 Å². The highest BCUT2D eigenvalue weighted by Gasteiger charge is 2.06. The first kappa shape index (κ1) is 12.4. The number of nitrogens with two attached hydrogens (primary N) is 2. The summed E-state index contributed by atoms with van der Waals surface area (Å²) in [6.45, 7) is 3.89. The van der Waals surface area contributed by atoms with Crippen LogP contribution in [-0.4, -0.2) is 0 Å². The van der Waals surface area contributed by atoms with Crippen LogP contribution in [0.2, 0.25) is 0 Å². The van der Waals surface area contributed by atoms with Crippen LogP contribution in [0, 0.1) is 36.5 Å². The Bertz CT molecular complexity index is 541. The number of nitrogen functional groups attached to an aromatic ring is 1. The summed E-state index contributed by atoms with van der Waals surface area (Å²) in [4.78, 5) is 0. The van der Waals surface area contributed by atoms with E-state index in [1.54, 1.807) is 12.1 Å². The quantitative estimate of drug-likeness (QED) is 0.523. The predicted octanol–water partition coefficient (Wildman–Crippen LogP) is 1.51. The van der Waals surface area contributed by atoms with Crippen molar-refractivity contribution in [1.82, 2.24) is 0 Å². The molecule has 0 unspecified atom stereocenters. The van der Waals surface area contributed by atoms with Crippen molar-refractivity contribution in [3.8, 4) is 12.1 Å². The lowest BCUT2D eigenvalue weighted by Crippen LogP contribution is -2.13. The molecule has 17 heavy (non-hydrogen) atoms. The maximum Gasteiger partial charge on any atom is 0.169 e. The third-order valence-corrected chi connectivity index (χ3v) is 2.43. The zero-order chi connectivity index (χ0) is 13.0. The molecule has 0 saturated carbocycles. The standard InChI is InChI=1S/C12H13N5/c1-7-3-10(15)11(4-8(7)2)17-12(16)9(5-13)6-14/h3-4,17H,15-16H2,1-2H3. The number of benzene rings is 1.